The van der Waals surface area contributed by atoms with Gasteiger partial charge in [0, 0.05) is 30.1 Å². The SMILES string of the molecule is Cc1nc(-c2ccc3ccnc(NC4CC(C(=O)O)C4)c3c2)no1.O=CO. The molecule has 9 nitrogen and oxygen atoms in total. The molecule has 0 saturated heterocycles. The third kappa shape index (κ3) is 4.02. The maximum Gasteiger partial charge on any atom is 0.306 e. The van der Waals surface area contributed by atoms with Crippen LogP contribution in [0.3, 0.4) is 0 Å². The number of carboxylic acids is 1. The number of benzene rings is 1. The van der Waals surface area contributed by atoms with Crippen molar-refractivity contribution in [1.29, 1.82) is 0 Å². The van der Waals surface area contributed by atoms with Crippen LogP contribution in [-0.2, 0) is 9.59 Å². The number of aromatic nitrogens is 3. The van der Waals surface area contributed by atoms with Crippen LogP contribution < -0.4 is 5.32 Å². The third-order valence-corrected chi connectivity index (χ3v) is 4.38. The number of carbonyl (C=O) groups is 2. The number of nitrogens with one attached hydrogen (secondary N) is 1. The van der Waals surface area contributed by atoms with E-state index in [0.29, 0.717) is 24.6 Å². The molecule has 0 atom stereocenters. The molecule has 1 aliphatic rings. The molecule has 140 valence electrons. The van der Waals surface area contributed by atoms with Gasteiger partial charge in [0.15, 0.2) is 0 Å². The van der Waals surface area contributed by atoms with Gasteiger partial charge >= 0.3 is 5.97 Å². The minimum atomic E-state index is -0.728. The Morgan fingerprint density at radius 1 is 1.33 bits per heavy atom. The summed E-state index contributed by atoms with van der Waals surface area (Å²) in [5.74, 6) is 0.829. The molecule has 0 bridgehead atoms. The number of anilines is 1. The highest BCUT2D eigenvalue weighted by Crippen LogP contribution is 2.33. The second-order valence-electron chi connectivity index (χ2n) is 6.19. The van der Waals surface area contributed by atoms with E-state index in [1.807, 2.05) is 24.3 Å². The highest BCUT2D eigenvalue weighted by Gasteiger charge is 2.34. The van der Waals surface area contributed by atoms with Crippen LogP contribution >= 0.6 is 0 Å². The predicted molar refractivity (Wildman–Crippen MR) is 96.2 cm³/mol. The fourth-order valence-corrected chi connectivity index (χ4v) is 2.97. The Balaban J connectivity index is 0.000000659. The lowest BCUT2D eigenvalue weighted by atomic mass is 9.80. The standard InChI is InChI=1S/C17H16N4O3.CH2O2/c1-9-19-15(21-24-9)11-3-2-10-4-5-18-16(14(10)8-11)20-13-6-12(7-13)17(22)23;2-1-3/h2-5,8,12-13H,6-7H2,1H3,(H,18,20)(H,22,23);1H,(H,2,3). The minimum Gasteiger partial charge on any atom is -0.483 e. The Morgan fingerprint density at radius 2 is 2.07 bits per heavy atom. The normalized spacial score (nSPS) is 18.1. The summed E-state index contributed by atoms with van der Waals surface area (Å²) in [7, 11) is 0. The van der Waals surface area contributed by atoms with Gasteiger partial charge in [0.05, 0.1) is 5.92 Å². The van der Waals surface area contributed by atoms with Gasteiger partial charge in [-0.3, -0.25) is 9.59 Å². The zero-order valence-electron chi connectivity index (χ0n) is 14.5. The molecule has 4 rings (SSSR count). The molecule has 3 aromatic rings. The second-order valence-corrected chi connectivity index (χ2v) is 6.19. The van der Waals surface area contributed by atoms with Crippen LogP contribution in [0.1, 0.15) is 18.7 Å². The predicted octanol–water partition coefficient (Wildman–Crippen LogP) is 2.57. The molecule has 1 aromatic carbocycles. The Hall–Kier alpha value is -3.49. The molecule has 2 aromatic heterocycles. The van der Waals surface area contributed by atoms with Gasteiger partial charge in [-0.2, -0.15) is 4.98 Å². The van der Waals surface area contributed by atoms with E-state index in [0.717, 1.165) is 22.2 Å². The van der Waals surface area contributed by atoms with Crippen LogP contribution in [0.4, 0.5) is 5.82 Å². The highest BCUT2D eigenvalue weighted by molar-refractivity contribution is 5.94. The lowest BCUT2D eigenvalue weighted by Gasteiger charge is -2.33. The summed E-state index contributed by atoms with van der Waals surface area (Å²) in [6.07, 6.45) is 2.99. The van der Waals surface area contributed by atoms with E-state index in [1.165, 1.54) is 0 Å². The maximum absolute atomic E-state index is 10.9. The lowest BCUT2D eigenvalue weighted by Crippen LogP contribution is -2.39. The molecule has 0 spiro atoms. The summed E-state index contributed by atoms with van der Waals surface area (Å²) in [5.41, 5.74) is 0.854. The molecule has 9 heteroatoms. The number of fused-ring (bicyclic) bond motifs is 1. The average molecular weight is 370 g/mol. The first-order valence-corrected chi connectivity index (χ1v) is 8.28. The molecule has 27 heavy (non-hydrogen) atoms. The van der Waals surface area contributed by atoms with Gasteiger partial charge in [0.2, 0.25) is 11.7 Å². The van der Waals surface area contributed by atoms with E-state index >= 15 is 0 Å². The van der Waals surface area contributed by atoms with Crippen LogP contribution in [0, 0.1) is 12.8 Å². The summed E-state index contributed by atoms with van der Waals surface area (Å²) in [4.78, 5) is 28.0. The highest BCUT2D eigenvalue weighted by atomic mass is 16.5. The van der Waals surface area contributed by atoms with Crippen LogP contribution in [0.25, 0.3) is 22.2 Å². The smallest absolute Gasteiger partial charge is 0.306 e. The Morgan fingerprint density at radius 3 is 2.70 bits per heavy atom. The van der Waals surface area contributed by atoms with Gasteiger partial charge < -0.3 is 20.1 Å². The molecule has 2 heterocycles. The van der Waals surface area contributed by atoms with Crippen molar-refractivity contribution >= 4 is 29.0 Å². The van der Waals surface area contributed by atoms with Gasteiger partial charge in [-0.05, 0) is 30.4 Å². The average Bonchev–Trinajstić information content (AvgIpc) is 3.04. The van der Waals surface area contributed by atoms with E-state index in [1.54, 1.807) is 13.1 Å². The van der Waals surface area contributed by atoms with Crippen molar-refractivity contribution in [3.8, 4) is 11.4 Å². The van der Waals surface area contributed by atoms with E-state index in [2.05, 4.69) is 20.4 Å². The van der Waals surface area contributed by atoms with Gasteiger partial charge in [0.1, 0.15) is 5.82 Å². The number of pyridine rings is 1. The van der Waals surface area contributed by atoms with Crippen molar-refractivity contribution in [3.63, 3.8) is 0 Å². The molecule has 1 saturated carbocycles. The van der Waals surface area contributed by atoms with E-state index < -0.39 is 5.97 Å². The molecule has 0 unspecified atom stereocenters. The van der Waals surface area contributed by atoms with Gasteiger partial charge in [-0.1, -0.05) is 17.3 Å². The number of hydrogen-bond acceptors (Lipinski definition) is 7. The fraction of sp³-hybridized carbons (Fsp3) is 0.278. The minimum absolute atomic E-state index is 0.139. The van der Waals surface area contributed by atoms with E-state index in [4.69, 9.17) is 19.5 Å². The van der Waals surface area contributed by atoms with Crippen molar-refractivity contribution in [2.45, 2.75) is 25.8 Å². The number of aryl methyl sites for hydroxylation is 1. The molecule has 0 aliphatic heterocycles. The zero-order chi connectivity index (χ0) is 19.4. The van der Waals surface area contributed by atoms with Gasteiger partial charge in [-0.15, -0.1) is 0 Å². The molecule has 3 N–H and O–H groups in total. The summed E-state index contributed by atoms with van der Waals surface area (Å²) >= 11 is 0. The van der Waals surface area contributed by atoms with Gasteiger partial charge in [0.25, 0.3) is 6.47 Å². The molecule has 0 amide bonds. The van der Waals surface area contributed by atoms with E-state index in [-0.39, 0.29) is 18.4 Å². The Kier molecular flexibility index (Phi) is 5.30. The molecule has 1 fully saturated rings. The first-order chi connectivity index (χ1) is 13.0. The number of rotatable bonds is 4. The molecular weight excluding hydrogens is 352 g/mol. The third-order valence-electron chi connectivity index (χ3n) is 4.38. The van der Waals surface area contributed by atoms with E-state index in [9.17, 15) is 4.79 Å². The van der Waals surface area contributed by atoms with Crippen LogP contribution in [0.15, 0.2) is 35.0 Å². The maximum atomic E-state index is 10.9. The fourth-order valence-electron chi connectivity index (χ4n) is 2.97. The van der Waals surface area contributed by atoms with Crippen LogP contribution in [0.5, 0.6) is 0 Å². The number of carboxylic acid groups (broad SMARTS) is 2. The molecular formula is C18H18N4O5. The van der Waals surface area contributed by atoms with Crippen molar-refractivity contribution in [3.05, 3.63) is 36.4 Å². The Labute approximate surface area is 154 Å². The first-order valence-electron chi connectivity index (χ1n) is 8.28. The topological polar surface area (TPSA) is 138 Å². The second kappa shape index (κ2) is 7.81. The monoisotopic (exact) mass is 370 g/mol. The number of hydrogen-bond donors (Lipinski definition) is 3. The van der Waals surface area contributed by atoms with Crippen LogP contribution in [-0.4, -0.2) is 43.8 Å². The van der Waals surface area contributed by atoms with Crippen molar-refractivity contribution in [1.82, 2.24) is 15.1 Å². The summed E-state index contributed by atoms with van der Waals surface area (Å²) in [5, 5.41) is 25.2. The lowest BCUT2D eigenvalue weighted by molar-refractivity contribution is -0.144. The quantitative estimate of drug-likeness (QED) is 0.591. The van der Waals surface area contributed by atoms with Crippen LogP contribution in [0.2, 0.25) is 0 Å². The molecule has 1 aliphatic carbocycles. The number of nitrogens with zero attached hydrogens (tertiary/aromatic N) is 3. The first kappa shape index (κ1) is 18.3. The van der Waals surface area contributed by atoms with Gasteiger partial charge in [-0.25, -0.2) is 4.98 Å². The Bertz CT molecular complexity index is 965. The van der Waals surface area contributed by atoms with Crippen molar-refractivity contribution in [2.24, 2.45) is 5.92 Å². The summed E-state index contributed by atoms with van der Waals surface area (Å²) < 4.78 is 5.04. The largest absolute Gasteiger partial charge is 0.483 e. The number of aliphatic carboxylic acids is 1. The summed E-state index contributed by atoms with van der Waals surface area (Å²) in [6, 6.07) is 7.99. The molecule has 0 radical (unpaired) electrons. The van der Waals surface area contributed by atoms with Crippen molar-refractivity contribution < 1.29 is 24.3 Å². The zero-order valence-corrected chi connectivity index (χ0v) is 14.5. The summed E-state index contributed by atoms with van der Waals surface area (Å²) in [6.45, 7) is 1.50. The van der Waals surface area contributed by atoms with Crippen molar-refractivity contribution in [2.75, 3.05) is 5.32 Å².